The van der Waals surface area contributed by atoms with E-state index in [-0.39, 0.29) is 23.2 Å². The summed E-state index contributed by atoms with van der Waals surface area (Å²) in [7, 11) is 1.70. The van der Waals surface area contributed by atoms with Gasteiger partial charge in [-0.1, -0.05) is 23.7 Å². The van der Waals surface area contributed by atoms with Gasteiger partial charge < -0.3 is 19.1 Å². The SMILES string of the molecule is CCOc1cc(/C=C2\SC(=Nc3ccc(N4CCOCC4)cc3)N(C)C2=O)cc(Cl)c1OCc1cccc([N+](=O)[O-])c1. The molecule has 0 bridgehead atoms. The van der Waals surface area contributed by atoms with Crippen LogP contribution in [-0.2, 0) is 16.1 Å². The van der Waals surface area contributed by atoms with E-state index in [2.05, 4.69) is 4.90 Å². The summed E-state index contributed by atoms with van der Waals surface area (Å²) < 4.78 is 17.1. The first kappa shape index (κ1) is 29.4. The van der Waals surface area contributed by atoms with E-state index in [0.29, 0.717) is 39.3 Å². The summed E-state index contributed by atoms with van der Waals surface area (Å²) in [5.74, 6) is 0.543. The maximum absolute atomic E-state index is 13.1. The maximum atomic E-state index is 13.1. The summed E-state index contributed by atoms with van der Waals surface area (Å²) in [6.45, 7) is 5.41. The van der Waals surface area contributed by atoms with Gasteiger partial charge in [-0.15, -0.1) is 0 Å². The van der Waals surface area contributed by atoms with Gasteiger partial charge in [0.2, 0.25) is 0 Å². The molecule has 5 rings (SSSR count). The Hall–Kier alpha value is -4.06. The molecule has 0 spiro atoms. The van der Waals surface area contributed by atoms with Gasteiger partial charge >= 0.3 is 0 Å². The number of hydrogen-bond acceptors (Lipinski definition) is 9. The molecule has 2 fully saturated rings. The Morgan fingerprint density at radius 3 is 2.60 bits per heavy atom. The largest absolute Gasteiger partial charge is 0.490 e. The number of thioether (sulfide) groups is 1. The number of nitrogens with zero attached hydrogens (tertiary/aromatic N) is 4. The molecule has 0 saturated carbocycles. The monoisotopic (exact) mass is 608 g/mol. The molecule has 0 aliphatic carbocycles. The number of amides is 1. The van der Waals surface area contributed by atoms with Crippen LogP contribution in [-0.4, -0.2) is 60.9 Å². The molecular formula is C30H29ClN4O6S. The number of benzene rings is 3. The third kappa shape index (κ3) is 6.87. The number of amidine groups is 1. The maximum Gasteiger partial charge on any atom is 0.269 e. The Kier molecular flexibility index (Phi) is 9.31. The molecule has 2 heterocycles. The lowest BCUT2D eigenvalue weighted by molar-refractivity contribution is -0.384. The molecule has 2 aliphatic heterocycles. The fraction of sp³-hybridized carbons (Fsp3) is 0.267. The topological polar surface area (TPSA) is 107 Å². The Morgan fingerprint density at radius 1 is 1.12 bits per heavy atom. The number of non-ortho nitro benzene ring substituents is 1. The number of carbonyl (C=O) groups excluding carboxylic acids is 1. The number of rotatable bonds is 9. The van der Waals surface area contributed by atoms with E-state index in [9.17, 15) is 14.9 Å². The number of carbonyl (C=O) groups is 1. The Bertz CT molecular complexity index is 1540. The summed E-state index contributed by atoms with van der Waals surface area (Å²) in [5, 5.41) is 12.0. The van der Waals surface area contributed by atoms with E-state index in [1.54, 1.807) is 37.4 Å². The van der Waals surface area contributed by atoms with Crippen molar-refractivity contribution in [2.24, 2.45) is 4.99 Å². The lowest BCUT2D eigenvalue weighted by atomic mass is 10.1. The number of likely N-dealkylation sites (N-methyl/N-ethyl adjacent to an activating group) is 1. The summed E-state index contributed by atoms with van der Waals surface area (Å²) in [6.07, 6.45) is 1.74. The second-order valence-electron chi connectivity index (χ2n) is 9.46. The normalized spacial score (nSPS) is 17.3. The van der Waals surface area contributed by atoms with Gasteiger partial charge in [0.1, 0.15) is 6.61 Å². The van der Waals surface area contributed by atoms with Crippen LogP contribution in [0.3, 0.4) is 0 Å². The molecule has 0 atom stereocenters. The quantitative estimate of drug-likeness (QED) is 0.158. The van der Waals surface area contributed by atoms with E-state index in [1.807, 2.05) is 31.2 Å². The van der Waals surface area contributed by atoms with Crippen molar-refractivity contribution < 1.29 is 23.9 Å². The van der Waals surface area contributed by atoms with Crippen LogP contribution in [0.1, 0.15) is 18.1 Å². The van der Waals surface area contributed by atoms with E-state index in [4.69, 9.17) is 30.8 Å². The summed E-state index contributed by atoms with van der Waals surface area (Å²) >= 11 is 7.87. The first-order chi connectivity index (χ1) is 20.3. The average Bonchev–Trinajstić information content (AvgIpc) is 3.25. The van der Waals surface area contributed by atoms with E-state index in [0.717, 1.165) is 37.7 Å². The van der Waals surface area contributed by atoms with Crippen molar-refractivity contribution in [2.45, 2.75) is 13.5 Å². The number of aliphatic imine (C=N–C) groups is 1. The second-order valence-corrected chi connectivity index (χ2v) is 10.9. The molecule has 2 saturated heterocycles. The molecule has 3 aromatic rings. The van der Waals surface area contributed by atoms with Crippen LogP contribution in [0, 0.1) is 10.1 Å². The highest BCUT2D eigenvalue weighted by Gasteiger charge is 2.30. The Morgan fingerprint density at radius 2 is 1.88 bits per heavy atom. The van der Waals surface area contributed by atoms with Crippen LogP contribution < -0.4 is 14.4 Å². The summed E-state index contributed by atoms with van der Waals surface area (Å²) in [6, 6.07) is 17.6. The van der Waals surface area contributed by atoms with Gasteiger partial charge in [-0.3, -0.25) is 19.8 Å². The molecule has 0 unspecified atom stereocenters. The average molecular weight is 609 g/mol. The molecule has 0 radical (unpaired) electrons. The second kappa shape index (κ2) is 13.3. The number of morpholine rings is 1. The predicted molar refractivity (Wildman–Crippen MR) is 165 cm³/mol. The number of ether oxygens (including phenoxy) is 3. The fourth-order valence-corrected chi connectivity index (χ4v) is 5.72. The minimum Gasteiger partial charge on any atom is -0.490 e. The lowest BCUT2D eigenvalue weighted by Gasteiger charge is -2.28. The van der Waals surface area contributed by atoms with E-state index < -0.39 is 4.92 Å². The zero-order valence-corrected chi connectivity index (χ0v) is 24.7. The molecule has 3 aromatic carbocycles. The van der Waals surface area contributed by atoms with Gasteiger partial charge in [0, 0.05) is 38.0 Å². The summed E-state index contributed by atoms with van der Waals surface area (Å²) in [4.78, 5) is 32.7. The third-order valence-corrected chi connectivity index (χ3v) is 7.93. The summed E-state index contributed by atoms with van der Waals surface area (Å²) in [5.41, 5.74) is 3.12. The van der Waals surface area contributed by atoms with Gasteiger partial charge in [-0.05, 0) is 72.3 Å². The van der Waals surface area contributed by atoms with Crippen LogP contribution in [0.4, 0.5) is 17.1 Å². The minimum atomic E-state index is -0.456. The van der Waals surface area contributed by atoms with Crippen molar-refractivity contribution in [3.05, 3.63) is 91.8 Å². The van der Waals surface area contributed by atoms with Crippen molar-refractivity contribution in [1.82, 2.24) is 4.90 Å². The van der Waals surface area contributed by atoms with Crippen LogP contribution in [0.5, 0.6) is 11.5 Å². The van der Waals surface area contributed by atoms with E-state index in [1.165, 1.54) is 28.8 Å². The van der Waals surface area contributed by atoms with Crippen molar-refractivity contribution in [1.29, 1.82) is 0 Å². The van der Waals surface area contributed by atoms with Gasteiger partial charge in [-0.2, -0.15) is 0 Å². The van der Waals surface area contributed by atoms with Crippen LogP contribution in [0.15, 0.2) is 70.6 Å². The number of nitro benzene ring substituents is 1. The smallest absolute Gasteiger partial charge is 0.269 e. The molecule has 2 aliphatic rings. The number of hydrogen-bond donors (Lipinski definition) is 0. The molecule has 0 N–H and O–H groups in total. The molecule has 12 heteroatoms. The number of halogens is 1. The van der Waals surface area contributed by atoms with Crippen molar-refractivity contribution in [2.75, 3.05) is 44.9 Å². The highest BCUT2D eigenvalue weighted by Crippen LogP contribution is 2.40. The molecule has 10 nitrogen and oxygen atoms in total. The van der Waals surface area contributed by atoms with Gasteiger partial charge in [-0.25, -0.2) is 4.99 Å². The number of anilines is 1. The predicted octanol–water partition coefficient (Wildman–Crippen LogP) is 6.30. The highest BCUT2D eigenvalue weighted by molar-refractivity contribution is 8.18. The first-order valence-electron chi connectivity index (χ1n) is 13.3. The standard InChI is InChI=1S/C30H29ClN4O6S/c1-3-40-26-17-21(16-25(31)28(26)41-19-20-5-4-6-24(15-20)35(37)38)18-27-29(36)33(2)30(42-27)32-22-7-9-23(10-8-22)34-11-13-39-14-12-34/h4-10,15-18H,3,11-14,19H2,1-2H3/b27-18-,32-30?. The van der Waals surface area contributed by atoms with Crippen LogP contribution in [0.2, 0.25) is 5.02 Å². The lowest BCUT2D eigenvalue weighted by Crippen LogP contribution is -2.36. The van der Waals surface area contributed by atoms with Crippen molar-refractivity contribution >= 4 is 57.6 Å². The Balaban J connectivity index is 1.33. The minimum absolute atomic E-state index is 0.0224. The molecular weight excluding hydrogens is 580 g/mol. The van der Waals surface area contributed by atoms with Crippen LogP contribution >= 0.6 is 23.4 Å². The van der Waals surface area contributed by atoms with Crippen molar-refractivity contribution in [3.63, 3.8) is 0 Å². The number of nitro groups is 1. The fourth-order valence-electron chi connectivity index (χ4n) is 4.46. The molecule has 0 aromatic heterocycles. The molecule has 1 amide bonds. The zero-order valence-electron chi connectivity index (χ0n) is 23.1. The van der Waals surface area contributed by atoms with Gasteiger partial charge in [0.25, 0.3) is 11.6 Å². The Labute approximate surface area is 252 Å². The highest BCUT2D eigenvalue weighted by atomic mass is 35.5. The zero-order chi connectivity index (χ0) is 29.6. The van der Waals surface area contributed by atoms with Gasteiger partial charge in [0.05, 0.1) is 40.4 Å². The van der Waals surface area contributed by atoms with Crippen molar-refractivity contribution in [3.8, 4) is 11.5 Å². The van der Waals surface area contributed by atoms with Gasteiger partial charge in [0.15, 0.2) is 16.7 Å². The first-order valence-corrected chi connectivity index (χ1v) is 14.5. The molecule has 42 heavy (non-hydrogen) atoms. The molecule has 218 valence electrons. The van der Waals surface area contributed by atoms with E-state index >= 15 is 0 Å². The van der Waals surface area contributed by atoms with Crippen LogP contribution in [0.25, 0.3) is 6.08 Å². The third-order valence-electron chi connectivity index (χ3n) is 6.59.